The molecule has 5 rings (SSSR count). The molecule has 1 amide bonds. The molecule has 2 aromatic carbocycles. The number of nitrogens with one attached hydrogen (secondary N) is 2. The fraction of sp³-hybridized carbons (Fsp3) is 0.167. The zero-order chi connectivity index (χ0) is 22.8. The van der Waals surface area contributed by atoms with Crippen LogP contribution in [0.25, 0.3) is 33.8 Å². The second kappa shape index (κ2) is 8.62. The lowest BCUT2D eigenvalue weighted by atomic mass is 10.0. The van der Waals surface area contributed by atoms with Crippen LogP contribution in [0.4, 0.5) is 0 Å². The molecule has 3 heterocycles. The van der Waals surface area contributed by atoms with Gasteiger partial charge in [0.05, 0.1) is 16.8 Å². The van der Waals surface area contributed by atoms with Crippen molar-refractivity contribution in [3.63, 3.8) is 0 Å². The van der Waals surface area contributed by atoms with Crippen LogP contribution >= 0.6 is 0 Å². The number of hydrogen-bond donors (Lipinski definition) is 2. The van der Waals surface area contributed by atoms with Crippen molar-refractivity contribution in [1.29, 1.82) is 0 Å². The first-order valence-corrected chi connectivity index (χ1v) is 10.6. The molecule has 0 radical (unpaired) electrons. The molecule has 0 saturated heterocycles. The molecule has 9 nitrogen and oxygen atoms in total. The van der Waals surface area contributed by atoms with E-state index in [0.717, 1.165) is 22.2 Å². The number of carbonyl (C=O) groups excluding carboxylic acids is 1. The zero-order valence-electron chi connectivity index (χ0n) is 18.1. The van der Waals surface area contributed by atoms with Gasteiger partial charge in [0.25, 0.3) is 5.91 Å². The Bertz CT molecular complexity index is 1400. The molecule has 3 aromatic heterocycles. The third-order valence-electron chi connectivity index (χ3n) is 5.32. The molecule has 5 aromatic rings. The standard InChI is InChI=1S/C24H21N7O2/c1-14(2)20(24-29-22(31-33-24)21-25-13-26-30-21)28-23(32)17-12-19(15-8-4-3-5-9-15)27-18-11-7-6-10-16(17)18/h3-14,20H,1-2H3,(H,28,32)(H,25,26,30)/t20-/m1/s1. The van der Waals surface area contributed by atoms with Gasteiger partial charge < -0.3 is 9.84 Å². The average Bonchev–Trinajstić information content (AvgIpc) is 3.54. The van der Waals surface area contributed by atoms with Crippen molar-refractivity contribution in [2.75, 3.05) is 0 Å². The summed E-state index contributed by atoms with van der Waals surface area (Å²) in [5, 5.41) is 14.3. The molecule has 0 bridgehead atoms. The fourth-order valence-corrected chi connectivity index (χ4v) is 3.62. The highest BCUT2D eigenvalue weighted by atomic mass is 16.5. The number of benzene rings is 2. The van der Waals surface area contributed by atoms with E-state index in [9.17, 15) is 4.79 Å². The Morgan fingerprint density at radius 3 is 2.58 bits per heavy atom. The number of amides is 1. The van der Waals surface area contributed by atoms with Crippen LogP contribution in [0.1, 0.15) is 36.1 Å². The summed E-state index contributed by atoms with van der Waals surface area (Å²) in [7, 11) is 0. The summed E-state index contributed by atoms with van der Waals surface area (Å²) in [5.74, 6) is 0.726. The van der Waals surface area contributed by atoms with Crippen LogP contribution in [0.3, 0.4) is 0 Å². The molecule has 0 spiro atoms. The minimum Gasteiger partial charge on any atom is -0.340 e. The number of fused-ring (bicyclic) bond motifs is 1. The van der Waals surface area contributed by atoms with Crippen LogP contribution in [0.15, 0.2) is 71.5 Å². The summed E-state index contributed by atoms with van der Waals surface area (Å²) in [4.78, 5) is 26.7. The van der Waals surface area contributed by atoms with Gasteiger partial charge in [-0.3, -0.25) is 9.89 Å². The highest BCUT2D eigenvalue weighted by Crippen LogP contribution is 2.27. The Hall–Kier alpha value is -4.40. The molecule has 0 aliphatic heterocycles. The first-order valence-electron chi connectivity index (χ1n) is 10.6. The van der Waals surface area contributed by atoms with Crippen molar-refractivity contribution in [2.24, 2.45) is 5.92 Å². The molecule has 0 fully saturated rings. The lowest BCUT2D eigenvalue weighted by molar-refractivity contribution is 0.0915. The summed E-state index contributed by atoms with van der Waals surface area (Å²) in [5.41, 5.74) is 2.94. The Balaban J connectivity index is 1.51. The van der Waals surface area contributed by atoms with Crippen LogP contribution in [-0.4, -0.2) is 36.2 Å². The van der Waals surface area contributed by atoms with Crippen molar-refractivity contribution in [3.05, 3.63) is 78.4 Å². The Morgan fingerprint density at radius 1 is 1.03 bits per heavy atom. The normalized spacial score (nSPS) is 12.2. The molecule has 164 valence electrons. The fourth-order valence-electron chi connectivity index (χ4n) is 3.62. The van der Waals surface area contributed by atoms with Gasteiger partial charge in [0.15, 0.2) is 5.82 Å². The van der Waals surface area contributed by atoms with Crippen molar-refractivity contribution in [1.82, 2.24) is 35.6 Å². The summed E-state index contributed by atoms with van der Waals surface area (Å²) in [6, 6.07) is 18.7. The van der Waals surface area contributed by atoms with Gasteiger partial charge in [-0.2, -0.15) is 10.1 Å². The summed E-state index contributed by atoms with van der Waals surface area (Å²) in [6.07, 6.45) is 1.37. The average molecular weight is 439 g/mol. The van der Waals surface area contributed by atoms with Crippen molar-refractivity contribution in [3.8, 4) is 22.9 Å². The Kier molecular flexibility index (Phi) is 5.35. The number of para-hydroxylation sites is 1. The van der Waals surface area contributed by atoms with Gasteiger partial charge in [-0.1, -0.05) is 67.5 Å². The van der Waals surface area contributed by atoms with Gasteiger partial charge in [-0.25, -0.2) is 9.97 Å². The highest BCUT2D eigenvalue weighted by molar-refractivity contribution is 6.07. The molecule has 33 heavy (non-hydrogen) atoms. The van der Waals surface area contributed by atoms with E-state index in [4.69, 9.17) is 9.51 Å². The minimum absolute atomic E-state index is 0.00123. The van der Waals surface area contributed by atoms with Gasteiger partial charge in [0.2, 0.25) is 11.7 Å². The second-order valence-corrected chi connectivity index (χ2v) is 7.92. The van der Waals surface area contributed by atoms with E-state index in [1.807, 2.05) is 74.5 Å². The van der Waals surface area contributed by atoms with Crippen LogP contribution in [-0.2, 0) is 0 Å². The van der Waals surface area contributed by atoms with Gasteiger partial charge in [0.1, 0.15) is 12.4 Å². The minimum atomic E-state index is -0.492. The first kappa shape index (κ1) is 20.5. The lowest BCUT2D eigenvalue weighted by Gasteiger charge is -2.19. The van der Waals surface area contributed by atoms with Gasteiger partial charge in [-0.15, -0.1) is 0 Å². The number of rotatable bonds is 6. The first-order chi connectivity index (χ1) is 16.1. The quantitative estimate of drug-likeness (QED) is 0.406. The van der Waals surface area contributed by atoms with Gasteiger partial charge >= 0.3 is 0 Å². The van der Waals surface area contributed by atoms with Crippen LogP contribution < -0.4 is 5.32 Å². The summed E-state index contributed by atoms with van der Waals surface area (Å²) >= 11 is 0. The summed E-state index contributed by atoms with van der Waals surface area (Å²) < 4.78 is 5.45. The van der Waals surface area contributed by atoms with E-state index in [2.05, 4.69) is 30.6 Å². The molecule has 0 aliphatic rings. The zero-order valence-corrected chi connectivity index (χ0v) is 18.1. The number of hydrogen-bond acceptors (Lipinski definition) is 7. The molecule has 2 N–H and O–H groups in total. The molecular weight excluding hydrogens is 418 g/mol. The van der Waals surface area contributed by atoms with E-state index >= 15 is 0 Å². The Labute approximate surface area is 189 Å². The van der Waals surface area contributed by atoms with Crippen molar-refractivity contribution in [2.45, 2.75) is 19.9 Å². The molecule has 9 heteroatoms. The number of aromatic nitrogens is 6. The molecule has 0 unspecified atom stereocenters. The monoisotopic (exact) mass is 439 g/mol. The van der Waals surface area contributed by atoms with Crippen molar-refractivity contribution < 1.29 is 9.32 Å². The van der Waals surface area contributed by atoms with E-state index in [0.29, 0.717) is 17.3 Å². The number of pyridine rings is 1. The molecule has 0 saturated carbocycles. The van der Waals surface area contributed by atoms with Gasteiger partial charge in [0, 0.05) is 10.9 Å². The lowest BCUT2D eigenvalue weighted by Crippen LogP contribution is -2.32. The molecule has 1 atom stereocenters. The predicted molar refractivity (Wildman–Crippen MR) is 122 cm³/mol. The number of nitrogens with zero attached hydrogens (tertiary/aromatic N) is 5. The van der Waals surface area contributed by atoms with E-state index < -0.39 is 6.04 Å². The maximum atomic E-state index is 13.5. The number of H-pyrrole nitrogens is 1. The van der Waals surface area contributed by atoms with Crippen LogP contribution in [0, 0.1) is 5.92 Å². The predicted octanol–water partition coefficient (Wildman–Crippen LogP) is 4.20. The van der Waals surface area contributed by atoms with Crippen molar-refractivity contribution >= 4 is 16.8 Å². The second-order valence-electron chi connectivity index (χ2n) is 7.92. The number of aromatic amines is 1. The summed E-state index contributed by atoms with van der Waals surface area (Å²) in [6.45, 7) is 3.95. The molecular formula is C24H21N7O2. The Morgan fingerprint density at radius 2 is 1.82 bits per heavy atom. The topological polar surface area (TPSA) is 122 Å². The maximum Gasteiger partial charge on any atom is 0.252 e. The largest absolute Gasteiger partial charge is 0.340 e. The van der Waals surface area contributed by atoms with Crippen LogP contribution in [0.5, 0.6) is 0 Å². The smallest absolute Gasteiger partial charge is 0.252 e. The highest BCUT2D eigenvalue weighted by Gasteiger charge is 2.27. The van der Waals surface area contributed by atoms with Crippen LogP contribution in [0.2, 0.25) is 0 Å². The number of carbonyl (C=O) groups is 1. The maximum absolute atomic E-state index is 13.5. The van der Waals surface area contributed by atoms with Gasteiger partial charge in [-0.05, 0) is 18.1 Å². The third kappa shape index (κ3) is 4.08. The molecule has 0 aliphatic carbocycles. The SMILES string of the molecule is CC(C)[C@@H](NC(=O)c1cc(-c2ccccc2)nc2ccccc12)c1nc(-c2ncn[nH]2)no1. The van der Waals surface area contributed by atoms with E-state index in [1.165, 1.54) is 6.33 Å². The van der Waals surface area contributed by atoms with E-state index in [1.54, 1.807) is 0 Å². The van der Waals surface area contributed by atoms with E-state index in [-0.39, 0.29) is 17.6 Å². The third-order valence-corrected chi connectivity index (χ3v) is 5.32.